The molecule has 7 atom stereocenters. The zero-order valence-electron chi connectivity index (χ0n) is 13.5. The van der Waals surface area contributed by atoms with Gasteiger partial charge in [-0.25, -0.2) is 4.39 Å². The molecule has 1 unspecified atom stereocenters. The molecule has 0 aromatic rings. The molecule has 0 N–H and O–H groups in total. The lowest BCUT2D eigenvalue weighted by Crippen LogP contribution is -2.56. The minimum atomic E-state index is -0.900. The second-order valence-corrected chi connectivity index (χ2v) is 8.88. The summed E-state index contributed by atoms with van der Waals surface area (Å²) >= 11 is 0. The quantitative estimate of drug-likeness (QED) is 0.618. The van der Waals surface area contributed by atoms with Crippen LogP contribution in [0.15, 0.2) is 0 Å². The molecule has 4 saturated carbocycles. The molecular formula is C19H29FO. The molecule has 4 rings (SSSR count). The molecule has 2 heteroatoms. The van der Waals surface area contributed by atoms with E-state index >= 15 is 4.39 Å². The number of rotatable bonds is 0. The van der Waals surface area contributed by atoms with Gasteiger partial charge < -0.3 is 0 Å². The third-order valence-electron chi connectivity index (χ3n) is 8.00. The number of halogens is 1. The number of carbonyl (C=O) groups is 1. The molecule has 0 bridgehead atoms. The summed E-state index contributed by atoms with van der Waals surface area (Å²) < 4.78 is 15.9. The largest absolute Gasteiger partial charge is 0.299 e. The van der Waals surface area contributed by atoms with Crippen LogP contribution in [0.1, 0.15) is 71.6 Å². The van der Waals surface area contributed by atoms with E-state index < -0.39 is 5.67 Å². The molecule has 21 heavy (non-hydrogen) atoms. The van der Waals surface area contributed by atoms with Crippen LogP contribution in [-0.4, -0.2) is 11.5 Å². The molecule has 1 nitrogen and oxygen atoms in total. The summed E-state index contributed by atoms with van der Waals surface area (Å²) in [5.41, 5.74) is -1.01. The van der Waals surface area contributed by atoms with E-state index in [1.54, 1.807) is 0 Å². The van der Waals surface area contributed by atoms with E-state index in [2.05, 4.69) is 13.8 Å². The van der Waals surface area contributed by atoms with Crippen molar-refractivity contribution in [2.45, 2.75) is 77.3 Å². The summed E-state index contributed by atoms with van der Waals surface area (Å²) in [5, 5.41) is 0. The first-order valence-corrected chi connectivity index (χ1v) is 9.17. The Morgan fingerprint density at radius 3 is 2.67 bits per heavy atom. The zero-order chi connectivity index (χ0) is 14.8. The van der Waals surface area contributed by atoms with E-state index in [1.165, 1.54) is 6.42 Å². The molecule has 4 aliphatic carbocycles. The Morgan fingerprint density at radius 2 is 1.86 bits per heavy atom. The van der Waals surface area contributed by atoms with E-state index in [1.807, 2.05) is 0 Å². The van der Waals surface area contributed by atoms with E-state index in [0.29, 0.717) is 29.5 Å². The summed E-state index contributed by atoms with van der Waals surface area (Å²) in [4.78, 5) is 12.3. The van der Waals surface area contributed by atoms with Crippen LogP contribution in [0.25, 0.3) is 0 Å². The Bertz CT molecular complexity index is 460. The SMILES string of the molecule is C[C@H]1CC[C@@]2(F)[C@H](CC[C@H]3C4CCC(=O)[C@@]4(C)CC[C@@H]32)C1. The van der Waals surface area contributed by atoms with Crippen molar-refractivity contribution in [3.8, 4) is 0 Å². The molecule has 0 saturated heterocycles. The van der Waals surface area contributed by atoms with Gasteiger partial charge >= 0.3 is 0 Å². The number of hydrogen-bond acceptors (Lipinski definition) is 1. The van der Waals surface area contributed by atoms with Crippen LogP contribution >= 0.6 is 0 Å². The van der Waals surface area contributed by atoms with E-state index in [9.17, 15) is 4.79 Å². The van der Waals surface area contributed by atoms with Gasteiger partial charge in [0.15, 0.2) is 0 Å². The molecule has 0 aliphatic heterocycles. The van der Waals surface area contributed by atoms with Crippen molar-refractivity contribution in [1.82, 2.24) is 0 Å². The van der Waals surface area contributed by atoms with Crippen molar-refractivity contribution in [3.05, 3.63) is 0 Å². The summed E-state index contributed by atoms with van der Waals surface area (Å²) in [5.74, 6) is 2.72. The minimum absolute atomic E-state index is 0.105. The predicted molar refractivity (Wildman–Crippen MR) is 81.6 cm³/mol. The van der Waals surface area contributed by atoms with Gasteiger partial charge in [-0.1, -0.05) is 13.8 Å². The third kappa shape index (κ3) is 1.83. The summed E-state index contributed by atoms with van der Waals surface area (Å²) in [7, 11) is 0. The minimum Gasteiger partial charge on any atom is -0.299 e. The van der Waals surface area contributed by atoms with Crippen LogP contribution in [0.2, 0.25) is 0 Å². The average Bonchev–Trinajstić information content (AvgIpc) is 2.76. The lowest BCUT2D eigenvalue weighted by molar-refractivity contribution is -0.147. The second-order valence-electron chi connectivity index (χ2n) is 8.88. The summed E-state index contributed by atoms with van der Waals surface area (Å²) in [6.45, 7) is 4.47. The monoisotopic (exact) mass is 292 g/mol. The fourth-order valence-electron chi connectivity index (χ4n) is 6.77. The molecule has 4 fully saturated rings. The van der Waals surface area contributed by atoms with Crippen molar-refractivity contribution in [1.29, 1.82) is 0 Å². The van der Waals surface area contributed by atoms with Gasteiger partial charge in [0.2, 0.25) is 0 Å². The van der Waals surface area contributed by atoms with Gasteiger partial charge in [-0.3, -0.25) is 4.79 Å². The maximum absolute atomic E-state index is 15.9. The average molecular weight is 292 g/mol. The van der Waals surface area contributed by atoms with Gasteiger partial charge in [-0.15, -0.1) is 0 Å². The molecule has 118 valence electrons. The Kier molecular flexibility index (Phi) is 3.08. The Labute approximate surface area is 128 Å². The van der Waals surface area contributed by atoms with Gasteiger partial charge in [-0.2, -0.15) is 0 Å². The Balaban J connectivity index is 1.64. The van der Waals surface area contributed by atoms with Crippen LogP contribution in [-0.2, 0) is 4.79 Å². The Hall–Kier alpha value is -0.400. The van der Waals surface area contributed by atoms with E-state index in [-0.39, 0.29) is 11.3 Å². The highest BCUT2D eigenvalue weighted by Gasteiger charge is 2.61. The lowest BCUT2D eigenvalue weighted by atomic mass is 9.49. The fourth-order valence-corrected chi connectivity index (χ4v) is 6.77. The summed E-state index contributed by atoms with van der Waals surface area (Å²) in [6.07, 6.45) is 8.91. The first-order chi connectivity index (χ1) is 9.95. The fraction of sp³-hybridized carbons (Fsp3) is 0.947. The van der Waals surface area contributed by atoms with Gasteiger partial charge in [0.1, 0.15) is 11.5 Å². The van der Waals surface area contributed by atoms with Crippen LogP contribution in [0.5, 0.6) is 0 Å². The number of alkyl halides is 1. The van der Waals surface area contributed by atoms with Crippen molar-refractivity contribution in [2.75, 3.05) is 0 Å². The maximum Gasteiger partial charge on any atom is 0.139 e. The topological polar surface area (TPSA) is 17.1 Å². The molecule has 0 aromatic carbocycles. The number of ketones is 1. The Morgan fingerprint density at radius 1 is 1.05 bits per heavy atom. The van der Waals surface area contributed by atoms with Crippen molar-refractivity contribution < 1.29 is 9.18 Å². The van der Waals surface area contributed by atoms with Gasteiger partial charge in [-0.05, 0) is 81.0 Å². The number of hydrogen-bond donors (Lipinski definition) is 0. The first-order valence-electron chi connectivity index (χ1n) is 9.17. The number of Topliss-reactive ketones (excluding diaryl/α,β-unsaturated/α-hetero) is 1. The number of fused-ring (bicyclic) bond motifs is 5. The highest BCUT2D eigenvalue weighted by Crippen LogP contribution is 2.63. The predicted octanol–water partition coefficient (Wildman–Crippen LogP) is 4.94. The highest BCUT2D eigenvalue weighted by atomic mass is 19.1. The smallest absolute Gasteiger partial charge is 0.139 e. The molecule has 4 aliphatic rings. The van der Waals surface area contributed by atoms with E-state index in [0.717, 1.165) is 51.4 Å². The molecule has 0 heterocycles. The third-order valence-corrected chi connectivity index (χ3v) is 8.00. The summed E-state index contributed by atoms with van der Waals surface area (Å²) in [6, 6.07) is 0. The van der Waals surface area contributed by atoms with Gasteiger partial charge in [0, 0.05) is 11.8 Å². The van der Waals surface area contributed by atoms with Crippen LogP contribution in [0.3, 0.4) is 0 Å². The molecule has 0 aromatic heterocycles. The van der Waals surface area contributed by atoms with Gasteiger partial charge in [0.25, 0.3) is 0 Å². The molecule has 0 amide bonds. The van der Waals surface area contributed by atoms with Crippen LogP contribution < -0.4 is 0 Å². The van der Waals surface area contributed by atoms with Crippen molar-refractivity contribution in [3.63, 3.8) is 0 Å². The van der Waals surface area contributed by atoms with Gasteiger partial charge in [0.05, 0.1) is 0 Å². The van der Waals surface area contributed by atoms with E-state index in [4.69, 9.17) is 0 Å². The molecule has 0 spiro atoms. The number of carbonyl (C=O) groups excluding carboxylic acids is 1. The second kappa shape index (κ2) is 4.55. The lowest BCUT2D eigenvalue weighted by Gasteiger charge is -2.57. The molecular weight excluding hydrogens is 263 g/mol. The first kappa shape index (κ1) is 14.2. The standard InChI is InChI=1S/C19H29FO/c1-12-7-10-19(20)13(11-12)3-4-14-15-5-6-17(21)18(15,2)9-8-16(14)19/h12-16H,3-11H2,1-2H3/t12-,13+,14-,15?,16-,18-,19+/m0/s1. The zero-order valence-corrected chi connectivity index (χ0v) is 13.5. The van der Waals surface area contributed by atoms with Crippen molar-refractivity contribution in [2.24, 2.45) is 35.0 Å². The van der Waals surface area contributed by atoms with Crippen LogP contribution in [0, 0.1) is 35.0 Å². The highest BCUT2D eigenvalue weighted by molar-refractivity contribution is 5.87. The van der Waals surface area contributed by atoms with Crippen LogP contribution in [0.4, 0.5) is 4.39 Å². The maximum atomic E-state index is 15.9. The molecule has 0 radical (unpaired) electrons. The van der Waals surface area contributed by atoms with Crippen molar-refractivity contribution >= 4 is 5.78 Å². The normalized spacial score (nSPS) is 56.5.